The van der Waals surface area contributed by atoms with Crippen LogP contribution < -0.4 is 10.6 Å². The predicted octanol–water partition coefficient (Wildman–Crippen LogP) is 2.11. The lowest BCUT2D eigenvalue weighted by atomic mass is 10.2. The van der Waals surface area contributed by atoms with Gasteiger partial charge >= 0.3 is 0 Å². The van der Waals surface area contributed by atoms with Gasteiger partial charge in [-0.2, -0.15) is 5.10 Å². The predicted molar refractivity (Wildman–Crippen MR) is 79.7 cm³/mol. The van der Waals surface area contributed by atoms with Gasteiger partial charge in [0.05, 0.1) is 12.7 Å². The topological polar surface area (TPSA) is 59.0 Å². The fraction of sp³-hybridized carbons (Fsp3) is 0.286. The van der Waals surface area contributed by atoms with Gasteiger partial charge in [-0.25, -0.2) is 0 Å². The fourth-order valence-electron chi connectivity index (χ4n) is 1.77. The Balaban J connectivity index is 1.78. The second-order valence-corrected chi connectivity index (χ2v) is 4.97. The zero-order chi connectivity index (χ0) is 14.5. The smallest absolute Gasteiger partial charge is 0.238 e. The number of anilines is 1. The molecule has 0 saturated carbocycles. The minimum absolute atomic E-state index is 0.0890. The van der Waals surface area contributed by atoms with E-state index in [4.69, 9.17) is 11.6 Å². The van der Waals surface area contributed by atoms with E-state index >= 15 is 0 Å². The van der Waals surface area contributed by atoms with Gasteiger partial charge in [-0.1, -0.05) is 11.6 Å². The molecule has 0 aliphatic rings. The van der Waals surface area contributed by atoms with Crippen molar-refractivity contribution in [1.29, 1.82) is 0 Å². The van der Waals surface area contributed by atoms with Crippen LogP contribution in [0.15, 0.2) is 30.5 Å². The first-order chi connectivity index (χ1) is 9.56. The third kappa shape index (κ3) is 3.82. The summed E-state index contributed by atoms with van der Waals surface area (Å²) in [7, 11) is 1.89. The maximum Gasteiger partial charge on any atom is 0.238 e. The molecular formula is C14H17ClN4O. The number of nitrogens with one attached hydrogen (secondary N) is 2. The van der Waals surface area contributed by atoms with Crippen LogP contribution in [0.5, 0.6) is 0 Å². The first kappa shape index (κ1) is 14.6. The fourth-order valence-corrected chi connectivity index (χ4v) is 1.89. The molecule has 0 fully saturated rings. The zero-order valence-electron chi connectivity index (χ0n) is 11.5. The number of carbonyl (C=O) groups excluding carboxylic acids is 1. The highest BCUT2D eigenvalue weighted by molar-refractivity contribution is 6.30. The Labute approximate surface area is 122 Å². The second kappa shape index (κ2) is 6.54. The van der Waals surface area contributed by atoms with Crippen molar-refractivity contribution in [2.45, 2.75) is 13.5 Å². The molecule has 0 radical (unpaired) electrons. The van der Waals surface area contributed by atoms with E-state index in [-0.39, 0.29) is 12.5 Å². The molecule has 1 aromatic carbocycles. The normalized spacial score (nSPS) is 10.6. The Morgan fingerprint density at radius 3 is 2.65 bits per heavy atom. The average Bonchev–Trinajstić information content (AvgIpc) is 2.73. The van der Waals surface area contributed by atoms with Crippen LogP contribution in [0, 0.1) is 6.92 Å². The highest BCUT2D eigenvalue weighted by atomic mass is 35.5. The molecule has 0 unspecified atom stereocenters. The summed E-state index contributed by atoms with van der Waals surface area (Å²) >= 11 is 5.78. The zero-order valence-corrected chi connectivity index (χ0v) is 12.2. The van der Waals surface area contributed by atoms with Crippen LogP contribution in [0.4, 0.5) is 5.69 Å². The van der Waals surface area contributed by atoms with Gasteiger partial charge in [-0.15, -0.1) is 0 Å². The Hall–Kier alpha value is -1.85. The van der Waals surface area contributed by atoms with E-state index in [1.54, 1.807) is 30.5 Å². The van der Waals surface area contributed by atoms with Crippen molar-refractivity contribution < 1.29 is 4.79 Å². The number of hydrogen-bond donors (Lipinski definition) is 2. The Morgan fingerprint density at radius 2 is 2.05 bits per heavy atom. The maximum absolute atomic E-state index is 11.8. The molecule has 0 aliphatic heterocycles. The number of amides is 1. The number of carbonyl (C=O) groups is 1. The first-order valence-corrected chi connectivity index (χ1v) is 6.67. The summed E-state index contributed by atoms with van der Waals surface area (Å²) in [6.07, 6.45) is 1.80. The van der Waals surface area contributed by atoms with E-state index in [0.29, 0.717) is 11.6 Å². The van der Waals surface area contributed by atoms with E-state index < -0.39 is 0 Å². The van der Waals surface area contributed by atoms with E-state index in [2.05, 4.69) is 15.7 Å². The summed E-state index contributed by atoms with van der Waals surface area (Å²) in [4.78, 5) is 11.8. The van der Waals surface area contributed by atoms with Gasteiger partial charge in [0.2, 0.25) is 5.91 Å². The molecule has 2 N–H and O–H groups in total. The molecule has 0 spiro atoms. The standard InChI is InChI=1S/C14H17ClN4O/c1-10-11(8-17-19(10)2)7-16-9-14(20)18-13-5-3-12(15)4-6-13/h3-6,8,16H,7,9H2,1-2H3,(H,18,20). The van der Waals surface area contributed by atoms with Crippen molar-refractivity contribution in [2.75, 3.05) is 11.9 Å². The number of hydrogen-bond acceptors (Lipinski definition) is 3. The van der Waals surface area contributed by atoms with Gasteiger partial charge in [-0.3, -0.25) is 9.48 Å². The van der Waals surface area contributed by atoms with Crippen molar-refractivity contribution in [2.24, 2.45) is 7.05 Å². The van der Waals surface area contributed by atoms with Crippen LogP contribution in [0.2, 0.25) is 5.02 Å². The lowest BCUT2D eigenvalue weighted by Crippen LogP contribution is -2.27. The lowest BCUT2D eigenvalue weighted by molar-refractivity contribution is -0.115. The second-order valence-electron chi connectivity index (χ2n) is 4.54. The van der Waals surface area contributed by atoms with Crippen molar-refractivity contribution in [3.63, 3.8) is 0 Å². The molecular weight excluding hydrogens is 276 g/mol. The molecule has 6 heteroatoms. The van der Waals surface area contributed by atoms with Crippen LogP contribution in [0.1, 0.15) is 11.3 Å². The van der Waals surface area contributed by atoms with E-state index in [0.717, 1.165) is 16.9 Å². The monoisotopic (exact) mass is 292 g/mol. The highest BCUT2D eigenvalue weighted by Gasteiger charge is 2.05. The summed E-state index contributed by atoms with van der Waals surface area (Å²) in [5.74, 6) is -0.0890. The van der Waals surface area contributed by atoms with Crippen LogP contribution >= 0.6 is 11.6 Å². The number of halogens is 1. The Kier molecular flexibility index (Phi) is 4.76. The minimum Gasteiger partial charge on any atom is -0.325 e. The molecule has 0 bridgehead atoms. The molecule has 5 nitrogen and oxygen atoms in total. The molecule has 1 aromatic heterocycles. The maximum atomic E-state index is 11.8. The van der Waals surface area contributed by atoms with Gasteiger partial charge in [-0.05, 0) is 31.2 Å². The molecule has 0 atom stereocenters. The number of aryl methyl sites for hydroxylation is 1. The van der Waals surface area contributed by atoms with Crippen LogP contribution in [-0.2, 0) is 18.4 Å². The third-order valence-electron chi connectivity index (χ3n) is 3.07. The molecule has 106 valence electrons. The van der Waals surface area contributed by atoms with Crippen LogP contribution in [-0.4, -0.2) is 22.2 Å². The molecule has 0 saturated heterocycles. The van der Waals surface area contributed by atoms with Crippen molar-refractivity contribution in [1.82, 2.24) is 15.1 Å². The largest absolute Gasteiger partial charge is 0.325 e. The highest BCUT2D eigenvalue weighted by Crippen LogP contribution is 2.13. The summed E-state index contributed by atoms with van der Waals surface area (Å²) in [6, 6.07) is 7.02. The minimum atomic E-state index is -0.0890. The van der Waals surface area contributed by atoms with Gasteiger partial charge in [0, 0.05) is 35.6 Å². The van der Waals surface area contributed by atoms with Gasteiger partial charge in [0.15, 0.2) is 0 Å². The van der Waals surface area contributed by atoms with Gasteiger partial charge in [0.25, 0.3) is 0 Å². The summed E-state index contributed by atoms with van der Waals surface area (Å²) < 4.78 is 1.81. The first-order valence-electron chi connectivity index (χ1n) is 6.30. The lowest BCUT2D eigenvalue weighted by Gasteiger charge is -2.06. The molecule has 0 aliphatic carbocycles. The summed E-state index contributed by atoms with van der Waals surface area (Å²) in [5, 5.41) is 10.7. The third-order valence-corrected chi connectivity index (χ3v) is 3.32. The number of nitrogens with zero attached hydrogens (tertiary/aromatic N) is 2. The number of aromatic nitrogens is 2. The van der Waals surface area contributed by atoms with Crippen molar-refractivity contribution >= 4 is 23.2 Å². The van der Waals surface area contributed by atoms with Gasteiger partial charge in [0.1, 0.15) is 0 Å². The van der Waals surface area contributed by atoms with Crippen LogP contribution in [0.3, 0.4) is 0 Å². The SMILES string of the molecule is Cc1c(CNCC(=O)Nc2ccc(Cl)cc2)cnn1C. The molecule has 20 heavy (non-hydrogen) atoms. The quantitative estimate of drug-likeness (QED) is 0.887. The number of rotatable bonds is 5. The van der Waals surface area contributed by atoms with E-state index in [1.165, 1.54) is 0 Å². The average molecular weight is 293 g/mol. The molecule has 2 aromatic rings. The molecule has 2 rings (SSSR count). The van der Waals surface area contributed by atoms with Crippen molar-refractivity contribution in [3.8, 4) is 0 Å². The van der Waals surface area contributed by atoms with E-state index in [9.17, 15) is 4.79 Å². The number of benzene rings is 1. The summed E-state index contributed by atoms with van der Waals surface area (Å²) in [6.45, 7) is 2.86. The Morgan fingerprint density at radius 1 is 1.35 bits per heavy atom. The van der Waals surface area contributed by atoms with Gasteiger partial charge < -0.3 is 10.6 Å². The van der Waals surface area contributed by atoms with Crippen molar-refractivity contribution in [3.05, 3.63) is 46.7 Å². The molecule has 1 amide bonds. The Bertz CT molecular complexity index is 592. The summed E-state index contributed by atoms with van der Waals surface area (Å²) in [5.41, 5.74) is 2.92. The van der Waals surface area contributed by atoms with Crippen LogP contribution in [0.25, 0.3) is 0 Å². The van der Waals surface area contributed by atoms with E-state index in [1.807, 2.05) is 18.7 Å². The molecule has 1 heterocycles.